The second-order valence-corrected chi connectivity index (χ2v) is 4.68. The molecule has 2 rings (SSSR count). The molecule has 0 radical (unpaired) electrons. The molecule has 0 aromatic carbocycles. The highest BCUT2D eigenvalue weighted by Crippen LogP contribution is 2.20. The number of hydrogen-bond donors (Lipinski definition) is 2. The number of likely N-dealkylation sites (N-methyl/N-ethyl adjacent to an activating group) is 1. The van der Waals surface area contributed by atoms with E-state index < -0.39 is 11.9 Å². The third-order valence-electron chi connectivity index (χ3n) is 3.55. The van der Waals surface area contributed by atoms with Crippen molar-refractivity contribution in [2.45, 2.75) is 6.04 Å². The lowest BCUT2D eigenvalue weighted by Crippen LogP contribution is -2.54. The van der Waals surface area contributed by atoms with Crippen LogP contribution in [0.3, 0.4) is 0 Å². The highest BCUT2D eigenvalue weighted by atomic mass is 16.5. The molecule has 2 N–H and O–H groups in total. The summed E-state index contributed by atoms with van der Waals surface area (Å²) in [6, 6.07) is -0.483. The van der Waals surface area contributed by atoms with Gasteiger partial charge < -0.3 is 25.0 Å². The van der Waals surface area contributed by atoms with E-state index in [1.165, 1.54) is 4.90 Å². The fourth-order valence-electron chi connectivity index (χ4n) is 2.38. The van der Waals surface area contributed by atoms with Crippen molar-refractivity contribution in [2.75, 3.05) is 46.4 Å². The second kappa shape index (κ2) is 5.53. The molecule has 2 atom stereocenters. The Bertz CT molecular complexity index is 330. The molecule has 0 spiro atoms. The summed E-state index contributed by atoms with van der Waals surface area (Å²) < 4.78 is 5.18. The number of urea groups is 1. The van der Waals surface area contributed by atoms with Gasteiger partial charge in [0.25, 0.3) is 0 Å². The highest BCUT2D eigenvalue weighted by Gasteiger charge is 2.39. The van der Waals surface area contributed by atoms with Gasteiger partial charge in [-0.1, -0.05) is 0 Å². The average Bonchev–Trinajstić information content (AvgIpc) is 2.87. The molecule has 102 valence electrons. The summed E-state index contributed by atoms with van der Waals surface area (Å²) in [5.41, 5.74) is 0. The van der Waals surface area contributed by atoms with Crippen LogP contribution in [-0.4, -0.2) is 79.4 Å². The number of rotatable bonds is 2. The van der Waals surface area contributed by atoms with Crippen LogP contribution in [0.4, 0.5) is 4.79 Å². The number of nitrogens with one attached hydrogen (secondary N) is 1. The van der Waals surface area contributed by atoms with E-state index in [1.54, 1.807) is 11.9 Å². The lowest BCUT2D eigenvalue weighted by atomic mass is 10.0. The Hall–Kier alpha value is -1.34. The molecule has 2 aliphatic rings. The number of amides is 2. The van der Waals surface area contributed by atoms with Crippen molar-refractivity contribution in [3.8, 4) is 0 Å². The molecule has 0 saturated carbocycles. The van der Waals surface area contributed by atoms with E-state index in [0.29, 0.717) is 19.7 Å². The lowest BCUT2D eigenvalue weighted by Gasteiger charge is -2.34. The predicted molar refractivity (Wildman–Crippen MR) is 63.3 cm³/mol. The van der Waals surface area contributed by atoms with Gasteiger partial charge in [-0.25, -0.2) is 4.79 Å². The number of carboxylic acids is 1. The number of hydrogen-bond acceptors (Lipinski definition) is 4. The van der Waals surface area contributed by atoms with Crippen LogP contribution in [0, 0.1) is 5.92 Å². The largest absolute Gasteiger partial charge is 0.481 e. The van der Waals surface area contributed by atoms with Gasteiger partial charge in [0, 0.05) is 33.2 Å². The topological polar surface area (TPSA) is 82.1 Å². The lowest BCUT2D eigenvalue weighted by molar-refractivity contribution is -0.142. The van der Waals surface area contributed by atoms with E-state index in [2.05, 4.69) is 5.32 Å². The number of carboxylic acid groups (broad SMARTS) is 1. The molecule has 7 nitrogen and oxygen atoms in total. The van der Waals surface area contributed by atoms with E-state index in [9.17, 15) is 9.59 Å². The molecular formula is C11H19N3O4. The molecule has 2 unspecified atom stereocenters. The Balaban J connectivity index is 1.98. The second-order valence-electron chi connectivity index (χ2n) is 4.68. The third kappa shape index (κ3) is 2.56. The van der Waals surface area contributed by atoms with Gasteiger partial charge in [0.2, 0.25) is 0 Å². The minimum atomic E-state index is -0.905. The van der Waals surface area contributed by atoms with Crippen LogP contribution < -0.4 is 5.32 Å². The van der Waals surface area contributed by atoms with Gasteiger partial charge in [0.15, 0.2) is 0 Å². The van der Waals surface area contributed by atoms with Crippen LogP contribution >= 0.6 is 0 Å². The summed E-state index contributed by atoms with van der Waals surface area (Å²) in [4.78, 5) is 26.6. The average molecular weight is 257 g/mol. The summed E-state index contributed by atoms with van der Waals surface area (Å²) in [7, 11) is 1.65. The first-order valence-corrected chi connectivity index (χ1v) is 6.14. The first-order valence-electron chi connectivity index (χ1n) is 6.14. The Morgan fingerprint density at radius 2 is 2.00 bits per heavy atom. The van der Waals surface area contributed by atoms with Crippen molar-refractivity contribution >= 4 is 12.0 Å². The number of aliphatic carboxylic acids is 1. The molecule has 2 saturated heterocycles. The zero-order chi connectivity index (χ0) is 13.1. The molecule has 0 bridgehead atoms. The fourth-order valence-corrected chi connectivity index (χ4v) is 2.38. The first kappa shape index (κ1) is 13.1. The van der Waals surface area contributed by atoms with Crippen molar-refractivity contribution in [3.63, 3.8) is 0 Å². The molecule has 0 aromatic rings. The molecule has 0 aromatic heterocycles. The molecule has 2 amide bonds. The summed E-state index contributed by atoms with van der Waals surface area (Å²) in [5, 5.41) is 12.3. The normalized spacial score (nSPS) is 28.2. The van der Waals surface area contributed by atoms with Crippen molar-refractivity contribution in [2.24, 2.45) is 5.92 Å². The van der Waals surface area contributed by atoms with E-state index in [1.807, 2.05) is 0 Å². The molecular weight excluding hydrogens is 238 g/mol. The zero-order valence-corrected chi connectivity index (χ0v) is 10.5. The van der Waals surface area contributed by atoms with Crippen LogP contribution in [0.5, 0.6) is 0 Å². The molecule has 2 heterocycles. The Morgan fingerprint density at radius 3 is 2.61 bits per heavy atom. The van der Waals surface area contributed by atoms with Gasteiger partial charge >= 0.3 is 12.0 Å². The van der Waals surface area contributed by atoms with Crippen LogP contribution in [-0.2, 0) is 9.53 Å². The van der Waals surface area contributed by atoms with Crippen LogP contribution in [0.2, 0.25) is 0 Å². The number of carbonyl (C=O) groups is 2. The maximum atomic E-state index is 12.2. The molecule has 2 fully saturated rings. The number of piperazine rings is 1. The zero-order valence-electron chi connectivity index (χ0n) is 10.5. The van der Waals surface area contributed by atoms with E-state index in [-0.39, 0.29) is 18.7 Å². The standard InChI is InChI=1S/C11H19N3O4/c1-13(9-7-18-6-8(9)10(15)16)11(17)14-4-2-12-3-5-14/h8-9,12H,2-7H2,1H3,(H,15,16). The molecule has 7 heteroatoms. The Morgan fingerprint density at radius 1 is 1.33 bits per heavy atom. The highest BCUT2D eigenvalue weighted by molar-refractivity contribution is 5.77. The summed E-state index contributed by atoms with van der Waals surface area (Å²) in [5.74, 6) is -1.53. The smallest absolute Gasteiger partial charge is 0.320 e. The maximum absolute atomic E-state index is 12.2. The summed E-state index contributed by atoms with van der Waals surface area (Å²) in [6.45, 7) is 3.36. The van der Waals surface area contributed by atoms with Crippen molar-refractivity contribution in [1.29, 1.82) is 0 Å². The van der Waals surface area contributed by atoms with Gasteiger partial charge in [-0.05, 0) is 0 Å². The predicted octanol–water partition coefficient (Wildman–Crippen LogP) is -0.957. The summed E-state index contributed by atoms with van der Waals surface area (Å²) >= 11 is 0. The third-order valence-corrected chi connectivity index (χ3v) is 3.55. The van der Waals surface area contributed by atoms with Crippen LogP contribution in [0.15, 0.2) is 0 Å². The van der Waals surface area contributed by atoms with Gasteiger partial charge in [0.1, 0.15) is 5.92 Å². The fraction of sp³-hybridized carbons (Fsp3) is 0.818. The van der Waals surface area contributed by atoms with Crippen molar-refractivity contribution in [1.82, 2.24) is 15.1 Å². The minimum absolute atomic E-state index is 0.113. The first-order chi connectivity index (χ1) is 8.61. The van der Waals surface area contributed by atoms with Gasteiger partial charge in [-0.3, -0.25) is 4.79 Å². The number of ether oxygens (including phenoxy) is 1. The SMILES string of the molecule is CN(C(=O)N1CCNCC1)C1COCC1C(=O)O. The Kier molecular flexibility index (Phi) is 4.03. The monoisotopic (exact) mass is 257 g/mol. The Labute approximate surface area is 106 Å². The van der Waals surface area contributed by atoms with Gasteiger partial charge in [0.05, 0.1) is 19.3 Å². The molecule has 2 aliphatic heterocycles. The van der Waals surface area contributed by atoms with Crippen molar-refractivity contribution < 1.29 is 19.4 Å². The van der Waals surface area contributed by atoms with Crippen LogP contribution in [0.1, 0.15) is 0 Å². The maximum Gasteiger partial charge on any atom is 0.320 e. The molecule has 18 heavy (non-hydrogen) atoms. The van der Waals surface area contributed by atoms with Crippen molar-refractivity contribution in [3.05, 3.63) is 0 Å². The number of nitrogens with zero attached hydrogens (tertiary/aromatic N) is 2. The van der Waals surface area contributed by atoms with Gasteiger partial charge in [-0.15, -0.1) is 0 Å². The molecule has 0 aliphatic carbocycles. The number of carbonyl (C=O) groups excluding carboxylic acids is 1. The minimum Gasteiger partial charge on any atom is -0.481 e. The van der Waals surface area contributed by atoms with E-state index in [0.717, 1.165) is 13.1 Å². The van der Waals surface area contributed by atoms with E-state index >= 15 is 0 Å². The van der Waals surface area contributed by atoms with Crippen LogP contribution in [0.25, 0.3) is 0 Å². The quantitative estimate of drug-likeness (QED) is 0.666. The summed E-state index contributed by atoms with van der Waals surface area (Å²) in [6.07, 6.45) is 0. The van der Waals surface area contributed by atoms with Gasteiger partial charge in [-0.2, -0.15) is 0 Å². The van der Waals surface area contributed by atoms with E-state index in [4.69, 9.17) is 9.84 Å².